The van der Waals surface area contributed by atoms with Gasteiger partial charge in [0, 0.05) is 0 Å². The molecule has 2 atom stereocenters. The maximum atomic E-state index is 3.75. The van der Waals surface area contributed by atoms with Crippen molar-refractivity contribution in [1.29, 1.82) is 0 Å². The molecule has 46 valence electrons. The minimum absolute atomic E-state index is 0.134. The molecule has 0 aromatic carbocycles. The molecule has 1 nitrogen and oxygen atoms in total. The van der Waals surface area contributed by atoms with E-state index in [0.29, 0.717) is 6.04 Å². The summed E-state index contributed by atoms with van der Waals surface area (Å²) < 4.78 is 0. The standard InChI is InChI=1S/C8H9N/c1-2-8-6-4-3-5-7(8)9-8/h2-7,9H,1H2. The molecule has 1 N–H and O–H groups in total. The first-order valence-corrected chi connectivity index (χ1v) is 3.15. The smallest absolute Gasteiger partial charge is 0.0748 e. The Morgan fingerprint density at radius 3 is 3.00 bits per heavy atom. The van der Waals surface area contributed by atoms with Gasteiger partial charge in [-0.25, -0.2) is 0 Å². The summed E-state index contributed by atoms with van der Waals surface area (Å²) in [4.78, 5) is 0. The van der Waals surface area contributed by atoms with Crippen molar-refractivity contribution >= 4 is 0 Å². The second-order valence-corrected chi connectivity index (χ2v) is 2.50. The molecule has 1 heterocycles. The minimum atomic E-state index is 0.134. The molecule has 0 aromatic rings. The molecular weight excluding hydrogens is 110 g/mol. The van der Waals surface area contributed by atoms with E-state index in [0.717, 1.165) is 0 Å². The molecule has 0 spiro atoms. The molecule has 9 heavy (non-hydrogen) atoms. The molecule has 2 aliphatic rings. The van der Waals surface area contributed by atoms with Gasteiger partial charge in [-0.2, -0.15) is 0 Å². The van der Waals surface area contributed by atoms with Crippen LogP contribution in [0.1, 0.15) is 0 Å². The van der Waals surface area contributed by atoms with Crippen LogP contribution in [-0.2, 0) is 0 Å². The molecular formula is C8H9N. The van der Waals surface area contributed by atoms with E-state index in [2.05, 4.69) is 36.2 Å². The molecule has 0 saturated carbocycles. The van der Waals surface area contributed by atoms with Gasteiger partial charge in [-0.1, -0.05) is 30.4 Å². The lowest BCUT2D eigenvalue weighted by atomic mass is 10.0. The first kappa shape index (κ1) is 5.00. The fraction of sp³-hybridized carbons (Fsp3) is 0.250. The van der Waals surface area contributed by atoms with Crippen molar-refractivity contribution in [1.82, 2.24) is 5.32 Å². The third kappa shape index (κ3) is 0.524. The molecule has 0 amide bonds. The minimum Gasteiger partial charge on any atom is -0.294 e. The third-order valence-corrected chi connectivity index (χ3v) is 1.96. The Kier molecular flexibility index (Phi) is 0.758. The predicted molar refractivity (Wildman–Crippen MR) is 38.1 cm³/mol. The quantitative estimate of drug-likeness (QED) is 0.404. The second kappa shape index (κ2) is 1.36. The Labute approximate surface area is 54.8 Å². The predicted octanol–water partition coefficient (Wildman–Crippen LogP) is 1.01. The number of hydrogen-bond donors (Lipinski definition) is 1. The average Bonchev–Trinajstić information content (AvgIpc) is 2.62. The van der Waals surface area contributed by atoms with Crippen LogP contribution in [0.25, 0.3) is 0 Å². The number of hydrogen-bond acceptors (Lipinski definition) is 1. The van der Waals surface area contributed by atoms with Crippen molar-refractivity contribution in [2.75, 3.05) is 0 Å². The van der Waals surface area contributed by atoms with Gasteiger partial charge in [0.1, 0.15) is 0 Å². The lowest BCUT2D eigenvalue weighted by molar-refractivity contribution is 0.971. The Balaban J connectivity index is 2.32. The van der Waals surface area contributed by atoms with E-state index in [1.54, 1.807) is 0 Å². The van der Waals surface area contributed by atoms with E-state index in [-0.39, 0.29) is 5.54 Å². The van der Waals surface area contributed by atoms with Crippen LogP contribution >= 0.6 is 0 Å². The molecule has 2 unspecified atom stereocenters. The summed E-state index contributed by atoms with van der Waals surface area (Å²) in [5.74, 6) is 0. The summed E-state index contributed by atoms with van der Waals surface area (Å²) in [6.45, 7) is 3.75. The fourth-order valence-corrected chi connectivity index (χ4v) is 1.23. The summed E-state index contributed by atoms with van der Waals surface area (Å²) >= 11 is 0. The molecule has 1 aliphatic heterocycles. The zero-order valence-corrected chi connectivity index (χ0v) is 5.17. The van der Waals surface area contributed by atoms with Gasteiger partial charge in [0.25, 0.3) is 0 Å². The van der Waals surface area contributed by atoms with E-state index in [1.807, 2.05) is 6.08 Å². The van der Waals surface area contributed by atoms with Gasteiger partial charge in [0.2, 0.25) is 0 Å². The number of fused-ring (bicyclic) bond motifs is 1. The highest BCUT2D eigenvalue weighted by Crippen LogP contribution is 2.32. The lowest BCUT2D eigenvalue weighted by Gasteiger charge is -2.01. The van der Waals surface area contributed by atoms with Crippen LogP contribution in [0.5, 0.6) is 0 Å². The maximum Gasteiger partial charge on any atom is 0.0748 e. The van der Waals surface area contributed by atoms with Gasteiger partial charge in [0.15, 0.2) is 0 Å². The Morgan fingerprint density at radius 1 is 1.56 bits per heavy atom. The maximum absolute atomic E-state index is 3.75. The van der Waals surface area contributed by atoms with Crippen LogP contribution in [0, 0.1) is 0 Å². The lowest BCUT2D eigenvalue weighted by Crippen LogP contribution is -2.08. The first-order valence-electron chi connectivity index (χ1n) is 3.15. The van der Waals surface area contributed by atoms with Crippen molar-refractivity contribution < 1.29 is 0 Å². The van der Waals surface area contributed by atoms with E-state index in [9.17, 15) is 0 Å². The van der Waals surface area contributed by atoms with Gasteiger partial charge in [0.05, 0.1) is 11.6 Å². The van der Waals surface area contributed by atoms with E-state index in [4.69, 9.17) is 0 Å². The van der Waals surface area contributed by atoms with Crippen molar-refractivity contribution in [3.8, 4) is 0 Å². The van der Waals surface area contributed by atoms with Crippen LogP contribution < -0.4 is 5.32 Å². The van der Waals surface area contributed by atoms with Gasteiger partial charge >= 0.3 is 0 Å². The topological polar surface area (TPSA) is 21.9 Å². The summed E-state index contributed by atoms with van der Waals surface area (Å²) in [6, 6.07) is 0.528. The zero-order chi connectivity index (χ0) is 6.32. The fourth-order valence-electron chi connectivity index (χ4n) is 1.23. The SMILES string of the molecule is C=CC12C=CC=CC1N2. The van der Waals surface area contributed by atoms with Gasteiger partial charge in [-0.05, 0) is 0 Å². The highest BCUT2D eigenvalue weighted by Gasteiger charge is 2.47. The van der Waals surface area contributed by atoms with Crippen LogP contribution in [-0.4, -0.2) is 11.6 Å². The van der Waals surface area contributed by atoms with Crippen LogP contribution in [0.15, 0.2) is 37.0 Å². The summed E-state index contributed by atoms with van der Waals surface area (Å²) in [5.41, 5.74) is 0.134. The van der Waals surface area contributed by atoms with Crippen LogP contribution in [0.3, 0.4) is 0 Å². The van der Waals surface area contributed by atoms with Crippen molar-refractivity contribution in [2.24, 2.45) is 0 Å². The largest absolute Gasteiger partial charge is 0.294 e. The molecule has 1 heteroatoms. The normalized spacial score (nSPS) is 44.2. The summed E-state index contributed by atoms with van der Waals surface area (Å²) in [7, 11) is 0. The number of allylic oxidation sites excluding steroid dienone is 2. The third-order valence-electron chi connectivity index (χ3n) is 1.96. The van der Waals surface area contributed by atoms with Gasteiger partial charge in [-0.3, -0.25) is 5.32 Å². The molecule has 1 fully saturated rings. The number of rotatable bonds is 1. The number of nitrogens with one attached hydrogen (secondary N) is 1. The highest BCUT2D eigenvalue weighted by molar-refractivity contribution is 5.43. The zero-order valence-electron chi connectivity index (χ0n) is 5.17. The van der Waals surface area contributed by atoms with E-state index >= 15 is 0 Å². The molecule has 2 rings (SSSR count). The average molecular weight is 119 g/mol. The first-order chi connectivity index (χ1) is 4.37. The van der Waals surface area contributed by atoms with E-state index < -0.39 is 0 Å². The van der Waals surface area contributed by atoms with Crippen molar-refractivity contribution in [3.63, 3.8) is 0 Å². The molecule has 0 aromatic heterocycles. The summed E-state index contributed by atoms with van der Waals surface area (Å²) in [5, 5.41) is 3.30. The molecule has 0 radical (unpaired) electrons. The van der Waals surface area contributed by atoms with Crippen molar-refractivity contribution in [2.45, 2.75) is 11.6 Å². The van der Waals surface area contributed by atoms with Gasteiger partial charge in [-0.15, -0.1) is 6.58 Å². The Bertz CT molecular complexity index is 203. The molecule has 1 saturated heterocycles. The Hall–Kier alpha value is -0.820. The van der Waals surface area contributed by atoms with Crippen LogP contribution in [0.2, 0.25) is 0 Å². The highest BCUT2D eigenvalue weighted by atomic mass is 15.2. The van der Waals surface area contributed by atoms with Gasteiger partial charge < -0.3 is 0 Å². The second-order valence-electron chi connectivity index (χ2n) is 2.50. The molecule has 1 aliphatic carbocycles. The van der Waals surface area contributed by atoms with Crippen LogP contribution in [0.4, 0.5) is 0 Å². The van der Waals surface area contributed by atoms with Crippen molar-refractivity contribution in [3.05, 3.63) is 37.0 Å². The monoisotopic (exact) mass is 119 g/mol. The van der Waals surface area contributed by atoms with E-state index in [1.165, 1.54) is 0 Å². The molecule has 0 bridgehead atoms. The summed E-state index contributed by atoms with van der Waals surface area (Å²) in [6.07, 6.45) is 10.4. The Morgan fingerprint density at radius 2 is 2.44 bits per heavy atom.